The predicted octanol–water partition coefficient (Wildman–Crippen LogP) is 3.14. The molecule has 1 N–H and O–H groups in total. The molecule has 2 aromatic carbocycles. The molecule has 0 fully saturated rings. The third-order valence-electron chi connectivity index (χ3n) is 4.02. The molecule has 0 aromatic heterocycles. The maximum absolute atomic E-state index is 12.9. The van der Waals surface area contributed by atoms with E-state index in [0.717, 1.165) is 5.56 Å². The van der Waals surface area contributed by atoms with Crippen molar-refractivity contribution < 1.29 is 23.5 Å². The van der Waals surface area contributed by atoms with Crippen LogP contribution in [0, 0.1) is 5.82 Å². The van der Waals surface area contributed by atoms with Gasteiger partial charge in [0.15, 0.2) is 6.10 Å². The fourth-order valence-corrected chi connectivity index (χ4v) is 2.64. The Balaban J connectivity index is 1.70. The second-order valence-corrected chi connectivity index (χ2v) is 5.84. The van der Waals surface area contributed by atoms with Crippen molar-refractivity contribution >= 4 is 23.3 Å². The smallest absolute Gasteiger partial charge is 0.338 e. The number of hydrogen-bond acceptors (Lipinski definition) is 4. The van der Waals surface area contributed by atoms with E-state index in [0.29, 0.717) is 24.1 Å². The molecule has 0 saturated carbocycles. The second-order valence-electron chi connectivity index (χ2n) is 5.84. The van der Waals surface area contributed by atoms with Gasteiger partial charge in [-0.1, -0.05) is 0 Å². The SMILES string of the molecule is CC(OC(=O)c1ccc2c(c1)CCC(=O)N2)C(=O)c1ccc(F)cc1. The van der Waals surface area contributed by atoms with Crippen molar-refractivity contribution in [3.63, 3.8) is 0 Å². The van der Waals surface area contributed by atoms with Crippen LogP contribution in [0.4, 0.5) is 10.1 Å². The van der Waals surface area contributed by atoms with Crippen LogP contribution in [0.25, 0.3) is 0 Å². The molecule has 0 bridgehead atoms. The van der Waals surface area contributed by atoms with Crippen molar-refractivity contribution in [1.29, 1.82) is 0 Å². The molecule has 0 aliphatic carbocycles. The number of ether oxygens (including phenoxy) is 1. The normalized spacial score (nSPS) is 14.2. The van der Waals surface area contributed by atoms with Crippen molar-refractivity contribution in [3.05, 3.63) is 65.0 Å². The number of anilines is 1. The lowest BCUT2D eigenvalue weighted by molar-refractivity contribution is -0.116. The molecule has 128 valence electrons. The predicted molar refractivity (Wildman–Crippen MR) is 89.0 cm³/mol. The van der Waals surface area contributed by atoms with Crippen LogP contribution >= 0.6 is 0 Å². The number of Topliss-reactive ketones (excluding diaryl/α,β-unsaturated/α-hetero) is 1. The number of carbonyl (C=O) groups is 3. The highest BCUT2D eigenvalue weighted by Crippen LogP contribution is 2.24. The number of halogens is 1. The molecule has 3 rings (SSSR count). The van der Waals surface area contributed by atoms with Crippen molar-refractivity contribution in [2.45, 2.75) is 25.9 Å². The third kappa shape index (κ3) is 3.74. The highest BCUT2D eigenvalue weighted by molar-refractivity contribution is 6.01. The summed E-state index contributed by atoms with van der Waals surface area (Å²) in [6.45, 7) is 1.47. The Hall–Kier alpha value is -3.02. The molecule has 1 unspecified atom stereocenters. The van der Waals surface area contributed by atoms with Crippen LogP contribution in [0.3, 0.4) is 0 Å². The molecule has 1 aliphatic rings. The summed E-state index contributed by atoms with van der Waals surface area (Å²) in [6.07, 6.45) is -0.0780. The van der Waals surface area contributed by atoms with Gasteiger partial charge in [0.2, 0.25) is 11.7 Å². The number of amides is 1. The molecule has 5 nitrogen and oxygen atoms in total. The van der Waals surface area contributed by atoms with Crippen molar-refractivity contribution in [2.24, 2.45) is 0 Å². The summed E-state index contributed by atoms with van der Waals surface area (Å²) in [7, 11) is 0. The van der Waals surface area contributed by atoms with Crippen LogP contribution in [0.5, 0.6) is 0 Å². The van der Waals surface area contributed by atoms with Gasteiger partial charge in [0, 0.05) is 17.7 Å². The van der Waals surface area contributed by atoms with Crippen LogP contribution < -0.4 is 5.32 Å². The number of benzene rings is 2. The summed E-state index contributed by atoms with van der Waals surface area (Å²) in [5, 5.41) is 2.74. The van der Waals surface area contributed by atoms with Gasteiger partial charge in [0.05, 0.1) is 5.56 Å². The Morgan fingerprint density at radius 2 is 1.76 bits per heavy atom. The van der Waals surface area contributed by atoms with Crippen LogP contribution in [-0.4, -0.2) is 23.8 Å². The topological polar surface area (TPSA) is 72.5 Å². The van der Waals surface area contributed by atoms with E-state index >= 15 is 0 Å². The third-order valence-corrected chi connectivity index (χ3v) is 4.02. The van der Waals surface area contributed by atoms with Crippen molar-refractivity contribution in [3.8, 4) is 0 Å². The van der Waals surface area contributed by atoms with Gasteiger partial charge in [-0.3, -0.25) is 9.59 Å². The van der Waals surface area contributed by atoms with Crippen molar-refractivity contribution in [1.82, 2.24) is 0 Å². The molecule has 0 saturated heterocycles. The Bertz CT molecular complexity index is 845. The average Bonchev–Trinajstić information content (AvgIpc) is 2.61. The zero-order valence-electron chi connectivity index (χ0n) is 13.5. The minimum absolute atomic E-state index is 0.0543. The van der Waals surface area contributed by atoms with E-state index in [1.54, 1.807) is 18.2 Å². The molecule has 1 atom stereocenters. The zero-order valence-corrected chi connectivity index (χ0v) is 13.5. The maximum atomic E-state index is 12.9. The lowest BCUT2D eigenvalue weighted by Gasteiger charge is -2.18. The summed E-state index contributed by atoms with van der Waals surface area (Å²) in [4.78, 5) is 35.9. The van der Waals surface area contributed by atoms with Crippen LogP contribution in [0.1, 0.15) is 39.6 Å². The number of rotatable bonds is 4. The number of carbonyl (C=O) groups excluding carboxylic acids is 3. The van der Waals surface area contributed by atoms with Gasteiger partial charge >= 0.3 is 5.97 Å². The van der Waals surface area contributed by atoms with Crippen LogP contribution in [0.2, 0.25) is 0 Å². The molecular formula is C19H16FNO4. The highest BCUT2D eigenvalue weighted by atomic mass is 19.1. The summed E-state index contributed by atoms with van der Waals surface area (Å²) >= 11 is 0. The summed E-state index contributed by atoms with van der Waals surface area (Å²) in [5.41, 5.74) is 2.12. The fourth-order valence-electron chi connectivity index (χ4n) is 2.64. The molecule has 25 heavy (non-hydrogen) atoms. The van der Waals surface area contributed by atoms with Gasteiger partial charge in [0.1, 0.15) is 5.82 Å². The monoisotopic (exact) mass is 341 g/mol. The first-order chi connectivity index (χ1) is 11.9. The number of hydrogen-bond donors (Lipinski definition) is 1. The first kappa shape index (κ1) is 16.8. The molecule has 1 amide bonds. The average molecular weight is 341 g/mol. The standard InChI is InChI=1S/C19H16FNO4/c1-11(18(23)12-2-6-15(20)7-3-12)25-19(24)14-4-8-16-13(10-14)5-9-17(22)21-16/h2-4,6-8,10-11H,5,9H2,1H3,(H,21,22). The zero-order chi connectivity index (χ0) is 18.0. The number of ketones is 1. The number of nitrogens with one attached hydrogen (secondary N) is 1. The van der Waals surface area contributed by atoms with E-state index in [9.17, 15) is 18.8 Å². The molecule has 2 aromatic rings. The molecule has 1 heterocycles. The fraction of sp³-hybridized carbons (Fsp3) is 0.211. The molecule has 6 heteroatoms. The van der Waals surface area contributed by atoms with Gasteiger partial charge in [-0.25, -0.2) is 9.18 Å². The highest BCUT2D eigenvalue weighted by Gasteiger charge is 2.22. The molecule has 0 radical (unpaired) electrons. The summed E-state index contributed by atoms with van der Waals surface area (Å²) in [5.74, 6) is -1.52. The minimum atomic E-state index is -0.992. The van der Waals surface area contributed by atoms with Gasteiger partial charge in [-0.15, -0.1) is 0 Å². The quantitative estimate of drug-likeness (QED) is 0.685. The largest absolute Gasteiger partial charge is 0.451 e. The molecule has 0 spiro atoms. The molecule has 1 aliphatic heterocycles. The number of aryl methyl sites for hydroxylation is 1. The minimum Gasteiger partial charge on any atom is -0.451 e. The lowest BCUT2D eigenvalue weighted by atomic mass is 10.0. The van der Waals surface area contributed by atoms with E-state index in [4.69, 9.17) is 4.74 Å². The first-order valence-corrected chi connectivity index (χ1v) is 7.87. The summed E-state index contributed by atoms with van der Waals surface area (Å²) in [6, 6.07) is 9.91. The Labute approximate surface area is 143 Å². The van der Waals surface area contributed by atoms with Gasteiger partial charge in [0.25, 0.3) is 0 Å². The number of esters is 1. The van der Waals surface area contributed by atoms with E-state index in [-0.39, 0.29) is 11.5 Å². The second kappa shape index (κ2) is 6.84. The van der Waals surface area contributed by atoms with E-state index in [1.165, 1.54) is 31.2 Å². The Kier molecular flexibility index (Phi) is 4.61. The molecular weight excluding hydrogens is 325 g/mol. The van der Waals surface area contributed by atoms with Gasteiger partial charge < -0.3 is 10.1 Å². The maximum Gasteiger partial charge on any atom is 0.338 e. The Morgan fingerprint density at radius 3 is 2.48 bits per heavy atom. The van der Waals surface area contributed by atoms with E-state index in [1.807, 2.05) is 0 Å². The van der Waals surface area contributed by atoms with Crippen LogP contribution in [0.15, 0.2) is 42.5 Å². The summed E-state index contributed by atoms with van der Waals surface area (Å²) < 4.78 is 18.1. The van der Waals surface area contributed by atoms with Crippen molar-refractivity contribution in [2.75, 3.05) is 5.32 Å². The lowest BCUT2D eigenvalue weighted by Crippen LogP contribution is -2.25. The van der Waals surface area contributed by atoms with Crippen LogP contribution in [-0.2, 0) is 16.0 Å². The first-order valence-electron chi connectivity index (χ1n) is 7.87. The Morgan fingerprint density at radius 1 is 1.08 bits per heavy atom. The van der Waals surface area contributed by atoms with E-state index in [2.05, 4.69) is 5.32 Å². The van der Waals surface area contributed by atoms with Gasteiger partial charge in [-0.05, 0) is 61.4 Å². The van der Waals surface area contributed by atoms with E-state index < -0.39 is 23.7 Å². The number of fused-ring (bicyclic) bond motifs is 1. The van der Waals surface area contributed by atoms with Gasteiger partial charge in [-0.2, -0.15) is 0 Å².